The summed E-state index contributed by atoms with van der Waals surface area (Å²) in [5.41, 5.74) is 3.75. The molecule has 1 aliphatic heterocycles. The van der Waals surface area contributed by atoms with E-state index >= 15 is 0 Å². The highest BCUT2D eigenvalue weighted by Crippen LogP contribution is 2.31. The fraction of sp³-hybridized carbons (Fsp3) is 0.308. The van der Waals surface area contributed by atoms with E-state index < -0.39 is 0 Å². The molecule has 4 rings (SSSR count). The molecule has 1 N–H and O–H groups in total. The standard InChI is InChI=1S/C26H30FN3O/c1-20(31-2)29-15-17-30(18-16-29)23-13-14-24(27)25(19-23)28-26(21-9-5-3-6-10-21)22-11-7-4-8-12-22/h3-14,19-20,26,28H,15-18H2,1-2H3. The van der Waals surface area contributed by atoms with Crippen molar-refractivity contribution in [3.63, 3.8) is 0 Å². The molecule has 1 aliphatic rings. The zero-order chi connectivity index (χ0) is 21.6. The third-order valence-corrected chi connectivity index (χ3v) is 6.05. The molecule has 0 aromatic heterocycles. The molecule has 1 heterocycles. The fourth-order valence-electron chi connectivity index (χ4n) is 4.12. The molecule has 5 heteroatoms. The first-order chi connectivity index (χ1) is 15.2. The van der Waals surface area contributed by atoms with Crippen LogP contribution in [0.4, 0.5) is 15.8 Å². The lowest BCUT2D eigenvalue weighted by Crippen LogP contribution is -2.50. The quantitative estimate of drug-likeness (QED) is 0.574. The molecule has 162 valence electrons. The van der Waals surface area contributed by atoms with E-state index in [1.165, 1.54) is 0 Å². The third-order valence-electron chi connectivity index (χ3n) is 6.05. The molecule has 0 amide bonds. The summed E-state index contributed by atoms with van der Waals surface area (Å²) in [6.45, 7) is 5.69. The van der Waals surface area contributed by atoms with Crippen LogP contribution in [0, 0.1) is 5.82 Å². The molecule has 1 saturated heterocycles. The summed E-state index contributed by atoms with van der Waals surface area (Å²) >= 11 is 0. The van der Waals surface area contributed by atoms with Gasteiger partial charge in [-0.05, 0) is 36.2 Å². The molecule has 1 unspecified atom stereocenters. The molecule has 4 nitrogen and oxygen atoms in total. The lowest BCUT2D eigenvalue weighted by Gasteiger charge is -2.38. The van der Waals surface area contributed by atoms with Crippen LogP contribution >= 0.6 is 0 Å². The second kappa shape index (κ2) is 9.94. The molecule has 1 atom stereocenters. The average molecular weight is 420 g/mol. The van der Waals surface area contributed by atoms with Gasteiger partial charge in [0.1, 0.15) is 12.0 Å². The molecular weight excluding hydrogens is 389 g/mol. The molecule has 0 saturated carbocycles. The average Bonchev–Trinajstić information content (AvgIpc) is 2.84. The first kappa shape index (κ1) is 21.3. The first-order valence-electron chi connectivity index (χ1n) is 10.8. The lowest BCUT2D eigenvalue weighted by molar-refractivity contribution is -0.0212. The van der Waals surface area contributed by atoms with Crippen molar-refractivity contribution in [2.45, 2.75) is 19.2 Å². The molecule has 31 heavy (non-hydrogen) atoms. The Balaban J connectivity index is 1.56. The molecule has 0 spiro atoms. The van der Waals surface area contributed by atoms with Gasteiger partial charge in [-0.15, -0.1) is 0 Å². The van der Waals surface area contributed by atoms with Crippen LogP contribution in [0.3, 0.4) is 0 Å². The Hall–Kier alpha value is -2.89. The van der Waals surface area contributed by atoms with E-state index in [1.807, 2.05) is 48.5 Å². The molecular formula is C26H30FN3O. The van der Waals surface area contributed by atoms with Gasteiger partial charge >= 0.3 is 0 Å². The highest BCUT2D eigenvalue weighted by atomic mass is 19.1. The molecule has 3 aromatic rings. The Bertz CT molecular complexity index is 919. The zero-order valence-electron chi connectivity index (χ0n) is 18.2. The van der Waals surface area contributed by atoms with Gasteiger partial charge < -0.3 is 15.0 Å². The largest absolute Gasteiger partial charge is 0.372 e. The van der Waals surface area contributed by atoms with E-state index in [9.17, 15) is 4.39 Å². The second-order valence-corrected chi connectivity index (χ2v) is 7.92. The summed E-state index contributed by atoms with van der Waals surface area (Å²) in [7, 11) is 1.74. The zero-order valence-corrected chi connectivity index (χ0v) is 18.2. The number of methoxy groups -OCH3 is 1. The maximum Gasteiger partial charge on any atom is 0.146 e. The fourth-order valence-corrected chi connectivity index (χ4v) is 4.12. The van der Waals surface area contributed by atoms with Crippen LogP contribution in [0.5, 0.6) is 0 Å². The normalized spacial score (nSPS) is 15.8. The van der Waals surface area contributed by atoms with Crippen molar-refractivity contribution < 1.29 is 9.13 Å². The second-order valence-electron chi connectivity index (χ2n) is 7.92. The maximum absolute atomic E-state index is 14.8. The van der Waals surface area contributed by atoms with Gasteiger partial charge in [-0.3, -0.25) is 4.90 Å². The van der Waals surface area contributed by atoms with Crippen molar-refractivity contribution in [1.29, 1.82) is 0 Å². The third kappa shape index (κ3) is 5.06. The Morgan fingerprint density at radius 3 is 1.97 bits per heavy atom. The summed E-state index contributed by atoms with van der Waals surface area (Å²) in [5, 5.41) is 3.46. The predicted octanol–water partition coefficient (Wildman–Crippen LogP) is 5.14. The van der Waals surface area contributed by atoms with Crippen LogP contribution in [0.2, 0.25) is 0 Å². The summed E-state index contributed by atoms with van der Waals surface area (Å²) in [4.78, 5) is 4.63. The molecule has 0 radical (unpaired) electrons. The maximum atomic E-state index is 14.8. The summed E-state index contributed by atoms with van der Waals surface area (Å²) in [5.74, 6) is -0.243. The Kier molecular flexibility index (Phi) is 6.85. The first-order valence-corrected chi connectivity index (χ1v) is 10.8. The van der Waals surface area contributed by atoms with Gasteiger partial charge in [0.2, 0.25) is 0 Å². The number of anilines is 2. The van der Waals surface area contributed by atoms with Crippen LogP contribution < -0.4 is 10.2 Å². The number of hydrogen-bond acceptors (Lipinski definition) is 4. The minimum atomic E-state index is -0.243. The van der Waals surface area contributed by atoms with Gasteiger partial charge in [0.05, 0.1) is 11.7 Å². The number of benzene rings is 3. The van der Waals surface area contributed by atoms with Crippen LogP contribution in [0.25, 0.3) is 0 Å². The van der Waals surface area contributed by atoms with Crippen molar-refractivity contribution in [1.82, 2.24) is 4.90 Å². The summed E-state index contributed by atoms with van der Waals surface area (Å²) in [6, 6.07) is 25.6. The van der Waals surface area contributed by atoms with Gasteiger partial charge in [-0.25, -0.2) is 4.39 Å². The van der Waals surface area contributed by atoms with Gasteiger partial charge in [-0.1, -0.05) is 60.7 Å². The van der Waals surface area contributed by atoms with E-state index in [-0.39, 0.29) is 18.1 Å². The number of nitrogens with zero attached hydrogens (tertiary/aromatic N) is 2. The number of rotatable bonds is 7. The SMILES string of the molecule is COC(C)N1CCN(c2ccc(F)c(NC(c3ccccc3)c3ccccc3)c2)CC1. The van der Waals surface area contributed by atoms with Crippen LogP contribution in [0.1, 0.15) is 24.1 Å². The van der Waals surface area contributed by atoms with E-state index in [2.05, 4.69) is 46.3 Å². The molecule has 1 fully saturated rings. The number of hydrogen-bond donors (Lipinski definition) is 1. The number of piperazine rings is 1. The van der Waals surface area contributed by atoms with Crippen LogP contribution in [-0.2, 0) is 4.74 Å². The molecule has 0 bridgehead atoms. The van der Waals surface area contributed by atoms with Crippen molar-refractivity contribution in [3.8, 4) is 0 Å². The number of halogens is 1. The topological polar surface area (TPSA) is 27.7 Å². The highest BCUT2D eigenvalue weighted by molar-refractivity contribution is 5.61. The van der Waals surface area contributed by atoms with Crippen LogP contribution in [-0.4, -0.2) is 44.4 Å². The predicted molar refractivity (Wildman–Crippen MR) is 125 cm³/mol. The van der Waals surface area contributed by atoms with Gasteiger partial charge in [0, 0.05) is 39.0 Å². The molecule has 0 aliphatic carbocycles. The minimum absolute atomic E-state index is 0.116. The molecule has 3 aromatic carbocycles. The van der Waals surface area contributed by atoms with Crippen molar-refractivity contribution in [3.05, 3.63) is 95.8 Å². The number of nitrogens with one attached hydrogen (secondary N) is 1. The van der Waals surface area contributed by atoms with Crippen molar-refractivity contribution >= 4 is 11.4 Å². The van der Waals surface area contributed by atoms with Crippen LogP contribution in [0.15, 0.2) is 78.9 Å². The van der Waals surface area contributed by atoms with Crippen molar-refractivity contribution in [2.75, 3.05) is 43.5 Å². The highest BCUT2D eigenvalue weighted by Gasteiger charge is 2.22. The van der Waals surface area contributed by atoms with Gasteiger partial charge in [0.15, 0.2) is 0 Å². The van der Waals surface area contributed by atoms with Gasteiger partial charge in [0.25, 0.3) is 0 Å². The van der Waals surface area contributed by atoms with Crippen molar-refractivity contribution in [2.24, 2.45) is 0 Å². The van der Waals surface area contributed by atoms with E-state index in [4.69, 9.17) is 4.74 Å². The summed E-state index contributed by atoms with van der Waals surface area (Å²) < 4.78 is 20.3. The van der Waals surface area contributed by atoms with E-state index in [0.717, 1.165) is 43.0 Å². The summed E-state index contributed by atoms with van der Waals surface area (Å²) in [6.07, 6.45) is 0.116. The monoisotopic (exact) mass is 419 g/mol. The smallest absolute Gasteiger partial charge is 0.146 e. The number of ether oxygens (including phenoxy) is 1. The Morgan fingerprint density at radius 2 is 1.42 bits per heavy atom. The lowest BCUT2D eigenvalue weighted by atomic mass is 9.98. The van der Waals surface area contributed by atoms with E-state index in [0.29, 0.717) is 5.69 Å². The van der Waals surface area contributed by atoms with Gasteiger partial charge in [-0.2, -0.15) is 0 Å². The Labute approximate surface area is 184 Å². The minimum Gasteiger partial charge on any atom is -0.372 e. The van der Waals surface area contributed by atoms with E-state index in [1.54, 1.807) is 13.2 Å². The Morgan fingerprint density at radius 1 is 0.839 bits per heavy atom.